The van der Waals surface area contributed by atoms with Crippen LogP contribution < -0.4 is 5.32 Å². The van der Waals surface area contributed by atoms with Crippen LogP contribution in [0.25, 0.3) is 10.9 Å². The largest absolute Gasteiger partial charge is 0.368 e. The smallest absolute Gasteiger partial charge is 0.163 e. The van der Waals surface area contributed by atoms with Gasteiger partial charge >= 0.3 is 0 Å². The van der Waals surface area contributed by atoms with Gasteiger partial charge in [0.25, 0.3) is 0 Å². The van der Waals surface area contributed by atoms with Gasteiger partial charge in [0, 0.05) is 24.0 Å². The number of nitrogens with one attached hydrogen (secondary N) is 1. The standard InChI is InChI=1S/C14H14N4S/c1-2-15-14-13(17-19-18-14)9-11-8-7-10-5-3-4-6-12(10)16-11/h3-8H,2,9H2,1H3,(H,15,18). The number of para-hydroxylation sites is 1. The van der Waals surface area contributed by atoms with Gasteiger partial charge in [0.2, 0.25) is 0 Å². The molecular formula is C14H14N4S. The summed E-state index contributed by atoms with van der Waals surface area (Å²) >= 11 is 1.24. The van der Waals surface area contributed by atoms with Gasteiger partial charge in [-0.05, 0) is 19.1 Å². The first kappa shape index (κ1) is 12.0. The van der Waals surface area contributed by atoms with E-state index in [-0.39, 0.29) is 0 Å². The number of hydrogen-bond donors (Lipinski definition) is 1. The third-order valence-electron chi connectivity index (χ3n) is 2.91. The minimum Gasteiger partial charge on any atom is -0.368 e. The van der Waals surface area contributed by atoms with Crippen molar-refractivity contribution in [1.29, 1.82) is 0 Å². The van der Waals surface area contributed by atoms with Gasteiger partial charge in [0.1, 0.15) is 5.69 Å². The van der Waals surface area contributed by atoms with Gasteiger partial charge in [-0.1, -0.05) is 24.3 Å². The molecule has 96 valence electrons. The van der Waals surface area contributed by atoms with Gasteiger partial charge in [-0.3, -0.25) is 4.98 Å². The van der Waals surface area contributed by atoms with Gasteiger partial charge in [0.05, 0.1) is 17.2 Å². The molecule has 5 heteroatoms. The Balaban J connectivity index is 1.90. The molecule has 1 N–H and O–H groups in total. The number of benzene rings is 1. The molecule has 0 spiro atoms. The van der Waals surface area contributed by atoms with Crippen LogP contribution in [0.15, 0.2) is 36.4 Å². The molecule has 0 atom stereocenters. The van der Waals surface area contributed by atoms with Crippen LogP contribution in [0, 0.1) is 0 Å². The zero-order valence-corrected chi connectivity index (χ0v) is 11.4. The molecule has 0 aliphatic heterocycles. The molecular weight excluding hydrogens is 256 g/mol. The first-order valence-corrected chi connectivity index (χ1v) is 7.00. The van der Waals surface area contributed by atoms with E-state index in [0.29, 0.717) is 6.42 Å². The molecule has 0 saturated carbocycles. The van der Waals surface area contributed by atoms with E-state index in [1.807, 2.05) is 18.2 Å². The molecule has 1 aromatic carbocycles. The summed E-state index contributed by atoms with van der Waals surface area (Å²) in [5.74, 6) is 0.877. The third-order valence-corrected chi connectivity index (χ3v) is 3.47. The molecule has 0 saturated heterocycles. The highest BCUT2D eigenvalue weighted by molar-refractivity contribution is 6.99. The number of anilines is 1. The highest BCUT2D eigenvalue weighted by atomic mass is 32.1. The topological polar surface area (TPSA) is 50.7 Å². The van der Waals surface area contributed by atoms with E-state index < -0.39 is 0 Å². The predicted molar refractivity (Wildman–Crippen MR) is 78.6 cm³/mol. The minimum atomic E-state index is 0.712. The van der Waals surface area contributed by atoms with Crippen LogP contribution in [0.2, 0.25) is 0 Å². The highest BCUT2D eigenvalue weighted by Gasteiger charge is 2.09. The molecule has 0 radical (unpaired) electrons. The molecule has 2 aromatic heterocycles. The maximum absolute atomic E-state index is 4.66. The fraction of sp³-hybridized carbons (Fsp3) is 0.214. The van der Waals surface area contributed by atoms with Crippen molar-refractivity contribution in [3.63, 3.8) is 0 Å². The van der Waals surface area contributed by atoms with Crippen molar-refractivity contribution in [2.24, 2.45) is 0 Å². The molecule has 0 fully saturated rings. The van der Waals surface area contributed by atoms with Gasteiger partial charge < -0.3 is 5.32 Å². The van der Waals surface area contributed by atoms with E-state index in [2.05, 4.69) is 44.2 Å². The van der Waals surface area contributed by atoms with Crippen molar-refractivity contribution >= 4 is 28.4 Å². The Labute approximate surface area is 115 Å². The summed E-state index contributed by atoms with van der Waals surface area (Å²) in [6.07, 6.45) is 0.712. The molecule has 2 heterocycles. The number of rotatable bonds is 4. The van der Waals surface area contributed by atoms with Crippen molar-refractivity contribution in [3.8, 4) is 0 Å². The lowest BCUT2D eigenvalue weighted by Gasteiger charge is -2.03. The van der Waals surface area contributed by atoms with Gasteiger partial charge in [-0.25, -0.2) is 0 Å². The molecule has 0 aliphatic carbocycles. The van der Waals surface area contributed by atoms with Crippen LogP contribution in [0.4, 0.5) is 5.82 Å². The summed E-state index contributed by atoms with van der Waals surface area (Å²) in [5.41, 5.74) is 3.01. The van der Waals surface area contributed by atoms with Gasteiger partial charge in [0.15, 0.2) is 5.82 Å². The number of pyridine rings is 1. The summed E-state index contributed by atoms with van der Waals surface area (Å²) in [6.45, 7) is 2.90. The van der Waals surface area contributed by atoms with Crippen LogP contribution in [0.5, 0.6) is 0 Å². The van der Waals surface area contributed by atoms with Crippen LogP contribution in [-0.4, -0.2) is 20.3 Å². The zero-order valence-electron chi connectivity index (χ0n) is 10.6. The van der Waals surface area contributed by atoms with Crippen LogP contribution in [0.1, 0.15) is 18.3 Å². The number of nitrogens with zero attached hydrogens (tertiary/aromatic N) is 3. The maximum Gasteiger partial charge on any atom is 0.163 e. The Hall–Kier alpha value is -2.01. The Morgan fingerprint density at radius 2 is 2.00 bits per heavy atom. The van der Waals surface area contributed by atoms with Crippen molar-refractivity contribution in [3.05, 3.63) is 47.8 Å². The predicted octanol–water partition coefficient (Wildman–Crippen LogP) is 3.11. The highest BCUT2D eigenvalue weighted by Crippen LogP contribution is 2.18. The fourth-order valence-electron chi connectivity index (χ4n) is 2.00. The number of hydrogen-bond acceptors (Lipinski definition) is 5. The minimum absolute atomic E-state index is 0.712. The molecule has 0 aliphatic rings. The van der Waals surface area contributed by atoms with Crippen molar-refractivity contribution < 1.29 is 0 Å². The average molecular weight is 270 g/mol. The molecule has 0 unspecified atom stereocenters. The van der Waals surface area contributed by atoms with Crippen molar-refractivity contribution in [2.75, 3.05) is 11.9 Å². The van der Waals surface area contributed by atoms with Crippen LogP contribution in [-0.2, 0) is 6.42 Å². The van der Waals surface area contributed by atoms with Crippen molar-refractivity contribution in [2.45, 2.75) is 13.3 Å². The summed E-state index contributed by atoms with van der Waals surface area (Å²) < 4.78 is 8.59. The monoisotopic (exact) mass is 270 g/mol. The summed E-state index contributed by atoms with van der Waals surface area (Å²) in [7, 11) is 0. The van der Waals surface area contributed by atoms with Crippen molar-refractivity contribution in [1.82, 2.24) is 13.7 Å². The molecule has 0 amide bonds. The van der Waals surface area contributed by atoms with Crippen LogP contribution in [0.3, 0.4) is 0 Å². The number of fused-ring (bicyclic) bond motifs is 1. The Morgan fingerprint density at radius 3 is 2.89 bits per heavy atom. The van der Waals surface area contributed by atoms with Gasteiger partial charge in [-0.2, -0.15) is 8.75 Å². The Kier molecular flexibility index (Phi) is 3.37. The number of aromatic nitrogens is 3. The average Bonchev–Trinajstić information content (AvgIpc) is 2.86. The second-order valence-corrected chi connectivity index (χ2v) is 4.79. The molecule has 0 bridgehead atoms. The SMILES string of the molecule is CCNc1nsnc1Cc1ccc2ccccc2n1. The van der Waals surface area contributed by atoms with E-state index >= 15 is 0 Å². The van der Waals surface area contributed by atoms with E-state index in [1.54, 1.807) is 0 Å². The van der Waals surface area contributed by atoms with Gasteiger partial charge in [-0.15, -0.1) is 0 Å². The Bertz CT molecular complexity index is 692. The van der Waals surface area contributed by atoms with Crippen LogP contribution >= 0.6 is 11.7 Å². The lowest BCUT2D eigenvalue weighted by molar-refractivity contribution is 1.05. The van der Waals surface area contributed by atoms with E-state index in [9.17, 15) is 0 Å². The second-order valence-electron chi connectivity index (χ2n) is 4.26. The third kappa shape index (κ3) is 2.56. The quantitative estimate of drug-likeness (QED) is 0.791. The molecule has 3 aromatic rings. The van der Waals surface area contributed by atoms with E-state index in [1.165, 1.54) is 11.7 Å². The van der Waals surface area contributed by atoms with E-state index in [0.717, 1.165) is 34.7 Å². The zero-order chi connectivity index (χ0) is 13.1. The maximum atomic E-state index is 4.66. The normalized spacial score (nSPS) is 10.8. The van der Waals surface area contributed by atoms with E-state index in [4.69, 9.17) is 0 Å². The molecule has 19 heavy (non-hydrogen) atoms. The lowest BCUT2D eigenvalue weighted by Crippen LogP contribution is -2.02. The first-order valence-electron chi connectivity index (χ1n) is 6.27. The first-order chi connectivity index (χ1) is 9.36. The molecule has 4 nitrogen and oxygen atoms in total. The summed E-state index contributed by atoms with van der Waals surface area (Å²) in [5, 5.41) is 4.38. The fourth-order valence-corrected chi connectivity index (χ4v) is 2.54. The summed E-state index contributed by atoms with van der Waals surface area (Å²) in [4.78, 5) is 4.66. The second kappa shape index (κ2) is 5.32. The molecule has 3 rings (SSSR count). The lowest BCUT2D eigenvalue weighted by atomic mass is 10.1. The Morgan fingerprint density at radius 1 is 1.11 bits per heavy atom. The summed E-state index contributed by atoms with van der Waals surface area (Å²) in [6, 6.07) is 12.3.